The first-order chi connectivity index (χ1) is 7.80. The smallest absolute Gasteiger partial charge is 0.232 e. The molecule has 0 spiro atoms. The molecule has 0 fully saturated rings. The molecule has 1 aliphatic heterocycles. The Balaban J connectivity index is 2.28. The Kier molecular flexibility index (Phi) is 2.75. The van der Waals surface area contributed by atoms with Crippen molar-refractivity contribution in [2.75, 3.05) is 4.90 Å². The van der Waals surface area contributed by atoms with Gasteiger partial charge in [0, 0.05) is 11.5 Å². The van der Waals surface area contributed by atoms with Gasteiger partial charge in [-0.3, -0.25) is 4.90 Å². The number of aliphatic hydroxyl groups is 2. The summed E-state index contributed by atoms with van der Waals surface area (Å²) in [6.45, 7) is 7.83. The summed E-state index contributed by atoms with van der Waals surface area (Å²) < 4.78 is 5.19. The molecule has 0 saturated heterocycles. The van der Waals surface area contributed by atoms with Crippen LogP contribution in [0.4, 0.5) is 5.88 Å². The van der Waals surface area contributed by atoms with Gasteiger partial charge in [0.25, 0.3) is 0 Å². The molecule has 0 bridgehead atoms. The highest BCUT2D eigenvalue weighted by Crippen LogP contribution is 2.31. The maximum absolute atomic E-state index is 9.90. The van der Waals surface area contributed by atoms with Gasteiger partial charge < -0.3 is 14.7 Å². The fourth-order valence-corrected chi connectivity index (χ4v) is 1.76. The van der Waals surface area contributed by atoms with Crippen LogP contribution in [0.1, 0.15) is 33.4 Å². The fraction of sp³-hybridized carbons (Fsp3) is 0.583. The van der Waals surface area contributed by atoms with Crippen LogP contribution in [0.3, 0.4) is 0 Å². The third-order valence-corrected chi connectivity index (χ3v) is 2.89. The standard InChI is InChI=1S/C12H18N2O3/c1-7-5-9(15)14(11(7)16)10-6-8(13-17-10)12(2,3)4/h5-6,9,11,15-16H,1-4H3. The largest absolute Gasteiger partial charge is 0.370 e. The number of nitrogens with zero attached hydrogens (tertiary/aromatic N) is 2. The normalized spacial score (nSPS) is 25.3. The van der Waals surface area contributed by atoms with Crippen molar-refractivity contribution in [2.45, 2.75) is 45.6 Å². The lowest BCUT2D eigenvalue weighted by atomic mass is 9.92. The van der Waals surface area contributed by atoms with Gasteiger partial charge in [-0.05, 0) is 18.6 Å². The number of hydrogen-bond acceptors (Lipinski definition) is 5. The fourth-order valence-electron chi connectivity index (χ4n) is 1.76. The Morgan fingerprint density at radius 1 is 1.35 bits per heavy atom. The first kappa shape index (κ1) is 12.1. The van der Waals surface area contributed by atoms with Crippen LogP contribution in [0.5, 0.6) is 0 Å². The van der Waals surface area contributed by atoms with Gasteiger partial charge in [-0.2, -0.15) is 0 Å². The summed E-state index contributed by atoms with van der Waals surface area (Å²) in [6, 6.07) is 1.75. The molecule has 1 aromatic heterocycles. The second-order valence-corrected chi connectivity index (χ2v) is 5.41. The second kappa shape index (κ2) is 3.85. The van der Waals surface area contributed by atoms with Crippen LogP contribution < -0.4 is 4.90 Å². The molecule has 17 heavy (non-hydrogen) atoms. The zero-order chi connectivity index (χ0) is 12.8. The van der Waals surface area contributed by atoms with Crippen molar-refractivity contribution >= 4 is 5.88 Å². The van der Waals surface area contributed by atoms with E-state index in [4.69, 9.17) is 4.52 Å². The Morgan fingerprint density at radius 2 is 2.00 bits per heavy atom. The lowest BCUT2D eigenvalue weighted by Gasteiger charge is -2.23. The molecule has 0 radical (unpaired) electrons. The van der Waals surface area contributed by atoms with E-state index >= 15 is 0 Å². The molecule has 94 valence electrons. The van der Waals surface area contributed by atoms with Gasteiger partial charge in [-0.15, -0.1) is 0 Å². The van der Waals surface area contributed by atoms with Crippen LogP contribution in [-0.4, -0.2) is 27.8 Å². The highest BCUT2D eigenvalue weighted by molar-refractivity contribution is 5.45. The zero-order valence-corrected chi connectivity index (χ0v) is 10.5. The van der Waals surface area contributed by atoms with Crippen molar-refractivity contribution in [3.05, 3.63) is 23.4 Å². The monoisotopic (exact) mass is 238 g/mol. The second-order valence-electron chi connectivity index (χ2n) is 5.41. The Morgan fingerprint density at radius 3 is 2.41 bits per heavy atom. The van der Waals surface area contributed by atoms with Gasteiger partial charge in [-0.25, -0.2) is 0 Å². The molecule has 2 rings (SSSR count). The van der Waals surface area contributed by atoms with Crippen molar-refractivity contribution in [1.29, 1.82) is 0 Å². The third kappa shape index (κ3) is 2.08. The van der Waals surface area contributed by atoms with Crippen LogP contribution in [0.25, 0.3) is 0 Å². The summed E-state index contributed by atoms with van der Waals surface area (Å²) in [5.41, 5.74) is 1.36. The molecule has 2 atom stereocenters. The number of aliphatic hydroxyl groups excluding tert-OH is 2. The molecule has 2 heterocycles. The van der Waals surface area contributed by atoms with Gasteiger partial charge >= 0.3 is 0 Å². The van der Waals surface area contributed by atoms with E-state index < -0.39 is 12.5 Å². The van der Waals surface area contributed by atoms with Gasteiger partial charge in [0.05, 0.1) is 5.69 Å². The van der Waals surface area contributed by atoms with E-state index in [0.717, 1.165) is 5.69 Å². The predicted molar refractivity (Wildman–Crippen MR) is 63.5 cm³/mol. The Hall–Kier alpha value is -1.33. The first-order valence-electron chi connectivity index (χ1n) is 5.60. The highest BCUT2D eigenvalue weighted by atomic mass is 16.5. The van der Waals surface area contributed by atoms with E-state index in [0.29, 0.717) is 11.5 Å². The van der Waals surface area contributed by atoms with E-state index in [1.54, 1.807) is 19.1 Å². The van der Waals surface area contributed by atoms with Crippen molar-refractivity contribution in [2.24, 2.45) is 0 Å². The molecule has 5 nitrogen and oxygen atoms in total. The van der Waals surface area contributed by atoms with Crippen molar-refractivity contribution in [3.63, 3.8) is 0 Å². The molecule has 2 N–H and O–H groups in total. The van der Waals surface area contributed by atoms with Crippen molar-refractivity contribution in [1.82, 2.24) is 5.16 Å². The van der Waals surface area contributed by atoms with Gasteiger partial charge in [-0.1, -0.05) is 25.9 Å². The average Bonchev–Trinajstić information content (AvgIpc) is 2.73. The average molecular weight is 238 g/mol. The molecule has 1 aromatic rings. The summed E-state index contributed by atoms with van der Waals surface area (Å²) in [6.07, 6.45) is -0.138. The van der Waals surface area contributed by atoms with E-state index in [2.05, 4.69) is 5.16 Å². The van der Waals surface area contributed by atoms with Crippen LogP contribution in [-0.2, 0) is 5.41 Å². The molecule has 1 aliphatic rings. The zero-order valence-electron chi connectivity index (χ0n) is 10.5. The third-order valence-electron chi connectivity index (χ3n) is 2.89. The van der Waals surface area contributed by atoms with E-state index in [1.165, 1.54) is 4.90 Å². The lowest BCUT2D eigenvalue weighted by Crippen LogP contribution is -2.37. The maximum atomic E-state index is 9.90. The van der Waals surface area contributed by atoms with Crippen LogP contribution in [0, 0.1) is 0 Å². The summed E-state index contributed by atoms with van der Waals surface area (Å²) in [5.74, 6) is 0.378. The quantitative estimate of drug-likeness (QED) is 0.723. The maximum Gasteiger partial charge on any atom is 0.232 e. The minimum absolute atomic E-state index is 0.125. The summed E-state index contributed by atoms with van der Waals surface area (Å²) in [4.78, 5) is 1.39. The SMILES string of the molecule is CC1=CC(O)N(c2cc(C(C)(C)C)no2)C1O. The molecule has 5 heteroatoms. The van der Waals surface area contributed by atoms with Gasteiger partial charge in [0.15, 0.2) is 12.5 Å². The summed E-state index contributed by atoms with van der Waals surface area (Å²) >= 11 is 0. The molecule has 0 saturated carbocycles. The number of rotatable bonds is 1. The Labute approximate surface area is 100 Å². The Bertz CT molecular complexity index is 445. The molecular formula is C12H18N2O3. The van der Waals surface area contributed by atoms with Gasteiger partial charge in [0.2, 0.25) is 5.88 Å². The molecular weight excluding hydrogens is 220 g/mol. The summed E-state index contributed by atoms with van der Waals surface area (Å²) in [5, 5.41) is 23.7. The summed E-state index contributed by atoms with van der Waals surface area (Å²) in [7, 11) is 0. The number of anilines is 1. The minimum Gasteiger partial charge on any atom is -0.370 e. The van der Waals surface area contributed by atoms with Crippen molar-refractivity contribution < 1.29 is 14.7 Å². The number of aromatic nitrogens is 1. The predicted octanol–water partition coefficient (Wildman–Crippen LogP) is 1.38. The molecule has 0 amide bonds. The number of hydrogen-bond donors (Lipinski definition) is 2. The minimum atomic E-state index is -0.870. The lowest BCUT2D eigenvalue weighted by molar-refractivity contribution is 0.140. The first-order valence-corrected chi connectivity index (χ1v) is 5.60. The van der Waals surface area contributed by atoms with Gasteiger partial charge in [0.1, 0.15) is 0 Å². The van der Waals surface area contributed by atoms with E-state index in [-0.39, 0.29) is 5.41 Å². The highest BCUT2D eigenvalue weighted by Gasteiger charge is 2.33. The van der Waals surface area contributed by atoms with E-state index in [9.17, 15) is 10.2 Å². The molecule has 0 aromatic carbocycles. The van der Waals surface area contributed by atoms with E-state index in [1.807, 2.05) is 20.8 Å². The topological polar surface area (TPSA) is 69.7 Å². The van der Waals surface area contributed by atoms with Crippen LogP contribution in [0.15, 0.2) is 22.2 Å². The van der Waals surface area contributed by atoms with Crippen LogP contribution >= 0.6 is 0 Å². The molecule has 2 unspecified atom stereocenters. The van der Waals surface area contributed by atoms with Crippen molar-refractivity contribution in [3.8, 4) is 0 Å². The van der Waals surface area contributed by atoms with Crippen LogP contribution in [0.2, 0.25) is 0 Å². The molecule has 0 aliphatic carbocycles.